The molecule has 3 heterocycles. The zero-order chi connectivity index (χ0) is 22.7. The zero-order valence-corrected chi connectivity index (χ0v) is 20.1. The Morgan fingerprint density at radius 2 is 1.44 bits per heavy atom. The number of nitrogens with zero attached hydrogens (tertiary/aromatic N) is 2. The third kappa shape index (κ3) is 2.00. The summed E-state index contributed by atoms with van der Waals surface area (Å²) in [6.45, 7) is 4.56. The first-order chi connectivity index (χ1) is 16.7. The maximum Gasteiger partial charge on any atom is 0.146 e. The molecule has 2 saturated carbocycles. The van der Waals surface area contributed by atoms with Gasteiger partial charge in [-0.1, -0.05) is 79.9 Å². The van der Waals surface area contributed by atoms with Crippen molar-refractivity contribution in [2.24, 2.45) is 0 Å². The molecule has 0 radical (unpaired) electrons. The molecule has 168 valence electrons. The maximum atomic E-state index is 5.56. The highest BCUT2D eigenvalue weighted by Crippen LogP contribution is 2.67. The van der Waals surface area contributed by atoms with E-state index in [0.717, 1.165) is 0 Å². The molecule has 2 fully saturated rings. The highest BCUT2D eigenvalue weighted by Gasteiger charge is 2.61. The van der Waals surface area contributed by atoms with Gasteiger partial charge in [-0.05, 0) is 61.6 Å². The van der Waals surface area contributed by atoms with Crippen LogP contribution in [0.1, 0.15) is 67.3 Å². The number of hydrogen-bond acceptors (Lipinski definition) is 1. The second-order valence-electron chi connectivity index (χ2n) is 11.2. The fourth-order valence-corrected chi connectivity index (χ4v) is 8.61. The van der Waals surface area contributed by atoms with E-state index >= 15 is 0 Å². The number of benzene rings is 3. The van der Waals surface area contributed by atoms with E-state index in [1.165, 1.54) is 100 Å². The van der Waals surface area contributed by atoms with Crippen LogP contribution in [0.25, 0.3) is 38.6 Å². The molecule has 0 spiro atoms. The summed E-state index contributed by atoms with van der Waals surface area (Å²) in [4.78, 5) is 5.56. The van der Waals surface area contributed by atoms with E-state index in [-0.39, 0.29) is 10.8 Å². The van der Waals surface area contributed by atoms with E-state index in [4.69, 9.17) is 4.98 Å². The Morgan fingerprint density at radius 1 is 0.706 bits per heavy atom. The summed E-state index contributed by atoms with van der Waals surface area (Å²) >= 11 is 0. The molecule has 0 N–H and O–H groups in total. The van der Waals surface area contributed by atoms with Gasteiger partial charge in [0.1, 0.15) is 5.65 Å². The molecule has 8 rings (SSSR count). The lowest BCUT2D eigenvalue weighted by atomic mass is 9.52. The summed E-state index contributed by atoms with van der Waals surface area (Å²) in [7, 11) is 0. The van der Waals surface area contributed by atoms with Gasteiger partial charge in [-0.2, -0.15) is 0 Å². The van der Waals surface area contributed by atoms with Crippen molar-refractivity contribution in [2.75, 3.05) is 0 Å². The van der Waals surface area contributed by atoms with Crippen molar-refractivity contribution in [1.82, 2.24) is 9.38 Å². The maximum absolute atomic E-state index is 5.56. The molecule has 2 nitrogen and oxygen atoms in total. The van der Waals surface area contributed by atoms with Crippen LogP contribution in [0, 0.1) is 13.8 Å². The molecule has 2 aliphatic carbocycles. The summed E-state index contributed by atoms with van der Waals surface area (Å²) in [5.41, 5.74) is 11.4. The summed E-state index contributed by atoms with van der Waals surface area (Å²) in [5.74, 6) is 0. The van der Waals surface area contributed by atoms with E-state index in [9.17, 15) is 0 Å². The van der Waals surface area contributed by atoms with E-state index in [2.05, 4.69) is 78.9 Å². The number of pyridine rings is 1. The molecular formula is C32H30N2. The lowest BCUT2D eigenvalue weighted by molar-refractivity contribution is 0.163. The van der Waals surface area contributed by atoms with Gasteiger partial charge < -0.3 is 0 Å². The average Bonchev–Trinajstić information content (AvgIpc) is 3.46. The third-order valence-corrected chi connectivity index (χ3v) is 9.85. The first-order valence-corrected chi connectivity index (χ1v) is 13.1. The van der Waals surface area contributed by atoms with Gasteiger partial charge in [0.15, 0.2) is 0 Å². The molecule has 34 heavy (non-hydrogen) atoms. The Labute approximate surface area is 200 Å². The third-order valence-electron chi connectivity index (χ3n) is 9.85. The topological polar surface area (TPSA) is 17.3 Å². The molecule has 3 aromatic carbocycles. The summed E-state index contributed by atoms with van der Waals surface area (Å²) < 4.78 is 2.66. The Hall–Kier alpha value is -3.13. The molecule has 2 aromatic heterocycles. The molecule has 0 saturated heterocycles. The van der Waals surface area contributed by atoms with Crippen LogP contribution < -0.4 is 0 Å². The lowest BCUT2D eigenvalue weighted by Crippen LogP contribution is -2.50. The van der Waals surface area contributed by atoms with Crippen molar-refractivity contribution < 1.29 is 0 Å². The number of fused-ring (bicyclic) bond motifs is 3. The quantitative estimate of drug-likeness (QED) is 0.239. The van der Waals surface area contributed by atoms with Crippen molar-refractivity contribution in [3.8, 4) is 11.3 Å². The van der Waals surface area contributed by atoms with E-state index in [1.807, 2.05) is 0 Å². The van der Waals surface area contributed by atoms with Crippen LogP contribution >= 0.6 is 0 Å². The lowest BCUT2D eigenvalue weighted by Gasteiger charge is -2.53. The van der Waals surface area contributed by atoms with E-state index in [0.29, 0.717) is 0 Å². The summed E-state index contributed by atoms with van der Waals surface area (Å²) in [6.07, 6.45) is 9.23. The number of aromatic nitrogens is 2. The number of hydrogen-bond donors (Lipinski definition) is 0. The molecule has 1 aliphatic heterocycles. The van der Waals surface area contributed by atoms with Gasteiger partial charge in [0, 0.05) is 27.2 Å². The van der Waals surface area contributed by atoms with Crippen LogP contribution in [0.3, 0.4) is 0 Å². The van der Waals surface area contributed by atoms with Gasteiger partial charge in [0.05, 0.1) is 16.9 Å². The van der Waals surface area contributed by atoms with Crippen molar-refractivity contribution in [2.45, 2.75) is 69.6 Å². The summed E-state index contributed by atoms with van der Waals surface area (Å²) in [5, 5.41) is 4.15. The van der Waals surface area contributed by atoms with Gasteiger partial charge in [0.2, 0.25) is 0 Å². The molecule has 2 heteroatoms. The van der Waals surface area contributed by atoms with Crippen LogP contribution in [0.5, 0.6) is 0 Å². The predicted molar refractivity (Wildman–Crippen MR) is 141 cm³/mol. The number of imidazole rings is 1. The van der Waals surface area contributed by atoms with Gasteiger partial charge >= 0.3 is 0 Å². The van der Waals surface area contributed by atoms with Crippen molar-refractivity contribution in [3.63, 3.8) is 0 Å². The van der Waals surface area contributed by atoms with Crippen molar-refractivity contribution in [1.29, 1.82) is 0 Å². The second kappa shape index (κ2) is 6.30. The Bertz CT molecular complexity index is 1660. The molecule has 5 aromatic rings. The van der Waals surface area contributed by atoms with Crippen molar-refractivity contribution in [3.05, 3.63) is 83.0 Å². The van der Waals surface area contributed by atoms with Gasteiger partial charge in [-0.25, -0.2) is 4.98 Å². The predicted octanol–water partition coefficient (Wildman–Crippen LogP) is 8.17. The van der Waals surface area contributed by atoms with Gasteiger partial charge in [-0.3, -0.25) is 4.40 Å². The Balaban J connectivity index is 1.72. The van der Waals surface area contributed by atoms with E-state index < -0.39 is 0 Å². The monoisotopic (exact) mass is 442 g/mol. The average molecular weight is 443 g/mol. The summed E-state index contributed by atoms with van der Waals surface area (Å²) in [6, 6.07) is 22.8. The van der Waals surface area contributed by atoms with Crippen LogP contribution in [-0.4, -0.2) is 9.38 Å². The SMILES string of the molecule is Cc1cccc2c1c1nc(-c3ccccc3)c3n1c1c(ccc(C)c21)C12CCCCC31CCC2. The fraction of sp³-hybridized carbons (Fsp3) is 0.344. The van der Waals surface area contributed by atoms with E-state index in [1.54, 1.807) is 5.56 Å². The smallest absolute Gasteiger partial charge is 0.146 e. The second-order valence-corrected chi connectivity index (χ2v) is 11.2. The highest BCUT2D eigenvalue weighted by atomic mass is 15.1. The minimum Gasteiger partial charge on any atom is -0.295 e. The Morgan fingerprint density at radius 3 is 2.29 bits per heavy atom. The zero-order valence-electron chi connectivity index (χ0n) is 20.1. The van der Waals surface area contributed by atoms with Crippen LogP contribution in [0.4, 0.5) is 0 Å². The first kappa shape index (κ1) is 19.2. The molecule has 0 amide bonds. The van der Waals surface area contributed by atoms with Gasteiger partial charge in [-0.15, -0.1) is 0 Å². The normalized spacial score (nSPS) is 25.4. The molecule has 2 unspecified atom stereocenters. The fourth-order valence-electron chi connectivity index (χ4n) is 8.61. The minimum atomic E-state index is 0.196. The number of rotatable bonds is 1. The van der Waals surface area contributed by atoms with Crippen LogP contribution in [0.15, 0.2) is 60.7 Å². The molecular weight excluding hydrogens is 412 g/mol. The van der Waals surface area contributed by atoms with Crippen LogP contribution in [0.2, 0.25) is 0 Å². The molecule has 2 atom stereocenters. The highest BCUT2D eigenvalue weighted by molar-refractivity contribution is 6.16. The molecule has 3 aliphatic rings. The Kier molecular flexibility index (Phi) is 3.56. The number of aryl methyl sites for hydroxylation is 2. The molecule has 0 bridgehead atoms. The first-order valence-electron chi connectivity index (χ1n) is 13.1. The minimum absolute atomic E-state index is 0.196. The van der Waals surface area contributed by atoms with Crippen LogP contribution in [-0.2, 0) is 10.8 Å². The van der Waals surface area contributed by atoms with Crippen molar-refractivity contribution >= 4 is 27.3 Å². The van der Waals surface area contributed by atoms with Gasteiger partial charge in [0.25, 0.3) is 0 Å². The largest absolute Gasteiger partial charge is 0.295 e. The standard InChI is InChI=1S/C32H30N2/c1-20-10-8-13-23-25-21(2)14-15-24-28(25)34-29(32-17-7-6-16-31(24,32)18-9-19-32)27(33-30(34)26(20)23)22-11-4-3-5-12-22/h3-5,8,10-15H,6-7,9,16-19H2,1-2H3.